The minimum absolute atomic E-state index is 0.166. The lowest BCUT2D eigenvalue weighted by Crippen LogP contribution is -2.35. The molecule has 0 aliphatic carbocycles. The molecule has 0 aliphatic heterocycles. The average Bonchev–Trinajstić information content (AvgIpc) is 2.30. The van der Waals surface area contributed by atoms with Crippen molar-refractivity contribution in [3.63, 3.8) is 0 Å². The van der Waals surface area contributed by atoms with Crippen molar-refractivity contribution in [1.29, 1.82) is 0 Å². The van der Waals surface area contributed by atoms with Gasteiger partial charge in [0.2, 0.25) is 0 Å². The van der Waals surface area contributed by atoms with Crippen LogP contribution in [0.3, 0.4) is 0 Å². The van der Waals surface area contributed by atoms with Crippen LogP contribution in [0.5, 0.6) is 0 Å². The van der Waals surface area contributed by atoms with Gasteiger partial charge in [0.15, 0.2) is 5.78 Å². The Balaban J connectivity index is 3.00. The summed E-state index contributed by atoms with van der Waals surface area (Å²) in [6.07, 6.45) is 3.86. The molecule has 13 heavy (non-hydrogen) atoms. The Kier molecular flexibility index (Phi) is 2.70. The van der Waals surface area contributed by atoms with E-state index in [1.807, 2.05) is 47.6 Å². The van der Waals surface area contributed by atoms with Gasteiger partial charge in [-0.2, -0.15) is 0 Å². The van der Waals surface area contributed by atoms with E-state index in [0.717, 1.165) is 5.95 Å². The third kappa shape index (κ3) is 2.08. The molecule has 0 bridgehead atoms. The van der Waals surface area contributed by atoms with Crippen LogP contribution in [0.25, 0.3) is 0 Å². The summed E-state index contributed by atoms with van der Waals surface area (Å²) in [6.45, 7) is 2.04. The number of Topliss-reactive ketones (excluding diaryl/α,β-unsaturated/α-hetero) is 1. The van der Waals surface area contributed by atoms with Crippen molar-refractivity contribution in [2.45, 2.75) is 13.5 Å². The standard InChI is InChI=1S/C9H16N3O/c1-8(13)7-12-6-5-11(4)9(12)10(2)3/h5-6H,7H2,1-4H3/q+1. The van der Waals surface area contributed by atoms with Crippen LogP contribution < -0.4 is 9.47 Å². The summed E-state index contributed by atoms with van der Waals surface area (Å²) >= 11 is 0. The van der Waals surface area contributed by atoms with Gasteiger partial charge >= 0.3 is 5.95 Å². The third-order valence-electron chi connectivity index (χ3n) is 1.84. The second kappa shape index (κ2) is 3.60. The summed E-state index contributed by atoms with van der Waals surface area (Å²) in [5.41, 5.74) is 0. The highest BCUT2D eigenvalue weighted by Crippen LogP contribution is 2.04. The number of imidazole rings is 1. The highest BCUT2D eigenvalue weighted by molar-refractivity contribution is 5.75. The van der Waals surface area contributed by atoms with Gasteiger partial charge in [0.1, 0.15) is 6.54 Å². The van der Waals surface area contributed by atoms with Gasteiger partial charge in [-0.25, -0.2) is 9.13 Å². The van der Waals surface area contributed by atoms with Crippen molar-refractivity contribution in [2.75, 3.05) is 19.0 Å². The maximum Gasteiger partial charge on any atom is 0.359 e. The van der Waals surface area contributed by atoms with Gasteiger partial charge in [-0.1, -0.05) is 0 Å². The lowest BCUT2D eigenvalue weighted by atomic mass is 10.4. The number of anilines is 1. The quantitative estimate of drug-likeness (QED) is 0.614. The molecule has 0 N–H and O–H groups in total. The molecule has 1 aromatic rings. The molecule has 0 amide bonds. The molecule has 0 unspecified atom stereocenters. The van der Waals surface area contributed by atoms with E-state index in [1.165, 1.54) is 0 Å². The van der Waals surface area contributed by atoms with Crippen molar-refractivity contribution < 1.29 is 9.36 Å². The average molecular weight is 182 g/mol. The van der Waals surface area contributed by atoms with E-state index in [1.54, 1.807) is 6.92 Å². The Hall–Kier alpha value is -1.32. The zero-order valence-corrected chi connectivity index (χ0v) is 8.61. The molecule has 0 fully saturated rings. The van der Waals surface area contributed by atoms with E-state index in [9.17, 15) is 4.79 Å². The fourth-order valence-corrected chi connectivity index (χ4v) is 1.45. The van der Waals surface area contributed by atoms with E-state index in [4.69, 9.17) is 0 Å². The number of aromatic nitrogens is 2. The third-order valence-corrected chi connectivity index (χ3v) is 1.84. The van der Waals surface area contributed by atoms with Crippen LogP contribution in [-0.2, 0) is 18.4 Å². The van der Waals surface area contributed by atoms with Crippen LogP contribution >= 0.6 is 0 Å². The summed E-state index contributed by atoms with van der Waals surface area (Å²) < 4.78 is 3.92. The number of hydrogen-bond acceptors (Lipinski definition) is 2. The van der Waals surface area contributed by atoms with Crippen molar-refractivity contribution in [2.24, 2.45) is 7.05 Å². The molecule has 0 saturated heterocycles. The Morgan fingerprint density at radius 2 is 2.23 bits per heavy atom. The second-order valence-electron chi connectivity index (χ2n) is 3.43. The molecule has 4 heteroatoms. The predicted octanol–water partition coefficient (Wildman–Crippen LogP) is -0.0324. The fourth-order valence-electron chi connectivity index (χ4n) is 1.45. The van der Waals surface area contributed by atoms with E-state index in [2.05, 4.69) is 0 Å². The highest BCUT2D eigenvalue weighted by atomic mass is 16.1. The minimum atomic E-state index is 0.166. The highest BCUT2D eigenvalue weighted by Gasteiger charge is 2.16. The molecule has 4 nitrogen and oxygen atoms in total. The van der Waals surface area contributed by atoms with Gasteiger partial charge in [-0.3, -0.25) is 9.69 Å². The van der Waals surface area contributed by atoms with Crippen LogP contribution in [0.4, 0.5) is 5.95 Å². The molecule has 0 spiro atoms. The number of aryl methyl sites for hydroxylation is 1. The number of carbonyl (C=O) groups is 1. The smallest absolute Gasteiger partial charge is 0.296 e. The summed E-state index contributed by atoms with van der Waals surface area (Å²) in [6, 6.07) is 0. The number of ketones is 1. The SMILES string of the molecule is CC(=O)Cn1cc[n+](C)c1N(C)C. The normalized spacial score (nSPS) is 10.2. The van der Waals surface area contributed by atoms with E-state index < -0.39 is 0 Å². The zero-order valence-electron chi connectivity index (χ0n) is 8.61. The first-order valence-corrected chi connectivity index (χ1v) is 4.24. The molecule has 72 valence electrons. The first-order chi connectivity index (χ1) is 6.02. The Labute approximate surface area is 78.4 Å². The molecule has 1 rings (SSSR count). The Morgan fingerprint density at radius 3 is 2.69 bits per heavy atom. The van der Waals surface area contributed by atoms with Crippen molar-refractivity contribution in [3.05, 3.63) is 12.4 Å². The number of rotatable bonds is 3. The van der Waals surface area contributed by atoms with Gasteiger partial charge in [0.05, 0.1) is 33.5 Å². The predicted molar refractivity (Wildman–Crippen MR) is 50.6 cm³/mol. The van der Waals surface area contributed by atoms with Crippen LogP contribution in [0.2, 0.25) is 0 Å². The van der Waals surface area contributed by atoms with E-state index >= 15 is 0 Å². The summed E-state index contributed by atoms with van der Waals surface area (Å²) in [5, 5.41) is 0. The molecule has 0 radical (unpaired) electrons. The lowest BCUT2D eigenvalue weighted by Gasteiger charge is -2.07. The first kappa shape index (κ1) is 9.77. The monoisotopic (exact) mass is 182 g/mol. The van der Waals surface area contributed by atoms with Crippen molar-refractivity contribution in [1.82, 2.24) is 4.57 Å². The van der Waals surface area contributed by atoms with Crippen molar-refractivity contribution >= 4 is 11.7 Å². The molecule has 0 saturated carbocycles. The lowest BCUT2D eigenvalue weighted by molar-refractivity contribution is -0.657. The first-order valence-electron chi connectivity index (χ1n) is 4.24. The van der Waals surface area contributed by atoms with Crippen LogP contribution in [0.1, 0.15) is 6.92 Å². The van der Waals surface area contributed by atoms with Crippen molar-refractivity contribution in [3.8, 4) is 0 Å². The maximum atomic E-state index is 10.9. The van der Waals surface area contributed by atoms with Crippen LogP contribution in [0, 0.1) is 0 Å². The molecule has 0 aliphatic rings. The van der Waals surface area contributed by atoms with E-state index in [-0.39, 0.29) is 5.78 Å². The molecular formula is C9H16N3O+. The summed E-state index contributed by atoms with van der Waals surface area (Å²) in [5.74, 6) is 1.19. The second-order valence-corrected chi connectivity index (χ2v) is 3.43. The Bertz CT molecular complexity index is 315. The summed E-state index contributed by atoms with van der Waals surface area (Å²) in [7, 11) is 5.89. The minimum Gasteiger partial charge on any atom is -0.296 e. The van der Waals surface area contributed by atoms with Gasteiger partial charge in [-0.05, 0) is 6.92 Å². The van der Waals surface area contributed by atoms with Gasteiger partial charge in [0, 0.05) is 0 Å². The zero-order chi connectivity index (χ0) is 10.0. The topological polar surface area (TPSA) is 29.1 Å². The molecule has 1 heterocycles. The molecule has 0 atom stereocenters. The molecule has 1 aromatic heterocycles. The van der Waals surface area contributed by atoms with Gasteiger partial charge in [0.25, 0.3) is 0 Å². The largest absolute Gasteiger partial charge is 0.359 e. The number of hydrogen-bond donors (Lipinski definition) is 0. The van der Waals surface area contributed by atoms with Gasteiger partial charge < -0.3 is 0 Å². The number of carbonyl (C=O) groups excluding carboxylic acids is 1. The van der Waals surface area contributed by atoms with Crippen LogP contribution in [0.15, 0.2) is 12.4 Å². The maximum absolute atomic E-state index is 10.9. The van der Waals surface area contributed by atoms with Gasteiger partial charge in [-0.15, -0.1) is 0 Å². The fraction of sp³-hybridized carbons (Fsp3) is 0.556. The molecule has 0 aromatic carbocycles. The number of nitrogens with zero attached hydrogens (tertiary/aromatic N) is 3. The van der Waals surface area contributed by atoms with Crippen LogP contribution in [-0.4, -0.2) is 24.4 Å². The molecular weight excluding hydrogens is 166 g/mol. The van der Waals surface area contributed by atoms with E-state index in [0.29, 0.717) is 6.54 Å². The Morgan fingerprint density at radius 1 is 1.62 bits per heavy atom. The summed E-state index contributed by atoms with van der Waals surface area (Å²) in [4.78, 5) is 12.9.